The molecule has 0 aromatic carbocycles. The Bertz CT molecular complexity index is 522. The number of carbonyl (C=O) groups excluding carboxylic acids is 2. The van der Waals surface area contributed by atoms with Crippen molar-refractivity contribution in [3.05, 3.63) is 28.0 Å². The van der Waals surface area contributed by atoms with Gasteiger partial charge in [-0.3, -0.25) is 9.59 Å². The van der Waals surface area contributed by atoms with Crippen molar-refractivity contribution in [1.82, 2.24) is 15.2 Å². The fourth-order valence-electron chi connectivity index (χ4n) is 2.07. The van der Waals surface area contributed by atoms with E-state index in [1.165, 1.54) is 17.0 Å². The number of amides is 2. The van der Waals surface area contributed by atoms with E-state index in [4.69, 9.17) is 23.2 Å². The molecule has 0 aliphatic carbocycles. The Morgan fingerprint density at radius 2 is 2.26 bits per heavy atom. The summed E-state index contributed by atoms with van der Waals surface area (Å²) in [5, 5.41) is 3.16. The summed E-state index contributed by atoms with van der Waals surface area (Å²) in [4.78, 5) is 29.6. The first-order chi connectivity index (χ1) is 9.04. The van der Waals surface area contributed by atoms with Gasteiger partial charge in [-0.05, 0) is 18.6 Å². The Balaban J connectivity index is 2.32. The van der Waals surface area contributed by atoms with Crippen LogP contribution in [0, 0.1) is 0 Å². The van der Waals surface area contributed by atoms with E-state index in [-0.39, 0.29) is 27.7 Å². The van der Waals surface area contributed by atoms with Crippen LogP contribution in [0.15, 0.2) is 12.1 Å². The van der Waals surface area contributed by atoms with Crippen LogP contribution in [0.2, 0.25) is 10.2 Å². The SMILES string of the molecule is CC[C@H]1C(=O)NCCN1C(=O)c1nc(Cl)ccc1Cl. The second-order valence-corrected chi connectivity index (χ2v) is 4.97. The zero-order valence-electron chi connectivity index (χ0n) is 10.3. The van der Waals surface area contributed by atoms with E-state index in [0.717, 1.165) is 0 Å². The quantitative estimate of drug-likeness (QED) is 0.846. The monoisotopic (exact) mass is 301 g/mol. The van der Waals surface area contributed by atoms with Gasteiger partial charge in [0.25, 0.3) is 5.91 Å². The van der Waals surface area contributed by atoms with Crippen LogP contribution >= 0.6 is 23.2 Å². The molecule has 2 rings (SSSR count). The molecule has 1 fully saturated rings. The van der Waals surface area contributed by atoms with Gasteiger partial charge in [0.2, 0.25) is 5.91 Å². The van der Waals surface area contributed by atoms with Crippen molar-refractivity contribution < 1.29 is 9.59 Å². The molecule has 1 N–H and O–H groups in total. The summed E-state index contributed by atoms with van der Waals surface area (Å²) >= 11 is 11.7. The average Bonchev–Trinajstić information content (AvgIpc) is 2.40. The van der Waals surface area contributed by atoms with Crippen molar-refractivity contribution in [3.8, 4) is 0 Å². The van der Waals surface area contributed by atoms with Gasteiger partial charge in [0.15, 0.2) is 0 Å². The Morgan fingerprint density at radius 1 is 1.53 bits per heavy atom. The summed E-state index contributed by atoms with van der Waals surface area (Å²) in [6, 6.07) is 2.55. The van der Waals surface area contributed by atoms with Gasteiger partial charge in [-0.25, -0.2) is 4.98 Å². The molecule has 2 heterocycles. The van der Waals surface area contributed by atoms with Crippen molar-refractivity contribution >= 4 is 35.0 Å². The number of rotatable bonds is 2. The van der Waals surface area contributed by atoms with E-state index in [1.807, 2.05) is 6.92 Å². The molecule has 1 aliphatic rings. The number of piperazine rings is 1. The van der Waals surface area contributed by atoms with Gasteiger partial charge in [0.05, 0.1) is 5.02 Å². The predicted molar refractivity (Wildman–Crippen MR) is 72.4 cm³/mol. The van der Waals surface area contributed by atoms with Gasteiger partial charge in [-0.2, -0.15) is 0 Å². The summed E-state index contributed by atoms with van der Waals surface area (Å²) in [6.45, 7) is 2.72. The Kier molecular flexibility index (Phi) is 4.27. The van der Waals surface area contributed by atoms with Crippen LogP contribution in [0.5, 0.6) is 0 Å². The van der Waals surface area contributed by atoms with Crippen LogP contribution in [0.4, 0.5) is 0 Å². The largest absolute Gasteiger partial charge is 0.353 e. The van der Waals surface area contributed by atoms with E-state index >= 15 is 0 Å². The van der Waals surface area contributed by atoms with Crippen molar-refractivity contribution in [1.29, 1.82) is 0 Å². The number of pyridine rings is 1. The highest BCUT2D eigenvalue weighted by Crippen LogP contribution is 2.20. The second kappa shape index (κ2) is 5.75. The maximum absolute atomic E-state index is 12.4. The van der Waals surface area contributed by atoms with Crippen molar-refractivity contribution in [2.24, 2.45) is 0 Å². The first kappa shape index (κ1) is 14.1. The Labute approximate surface area is 120 Å². The third-order valence-corrected chi connectivity index (χ3v) is 3.51. The smallest absolute Gasteiger partial charge is 0.274 e. The van der Waals surface area contributed by atoms with E-state index in [2.05, 4.69) is 10.3 Å². The molecule has 1 saturated heterocycles. The number of carbonyl (C=O) groups is 2. The van der Waals surface area contributed by atoms with E-state index in [1.54, 1.807) is 0 Å². The zero-order chi connectivity index (χ0) is 14.0. The van der Waals surface area contributed by atoms with Crippen molar-refractivity contribution in [2.75, 3.05) is 13.1 Å². The lowest BCUT2D eigenvalue weighted by Gasteiger charge is -2.34. The maximum atomic E-state index is 12.4. The van der Waals surface area contributed by atoms with Gasteiger partial charge in [-0.1, -0.05) is 30.1 Å². The molecule has 0 radical (unpaired) electrons. The van der Waals surface area contributed by atoms with E-state index < -0.39 is 6.04 Å². The molecule has 1 aromatic rings. The normalized spacial score (nSPS) is 19.2. The number of hydrogen-bond donors (Lipinski definition) is 1. The predicted octanol–water partition coefficient (Wildman–Crippen LogP) is 1.74. The lowest BCUT2D eigenvalue weighted by Crippen LogP contribution is -2.57. The Morgan fingerprint density at radius 3 is 2.95 bits per heavy atom. The van der Waals surface area contributed by atoms with Gasteiger partial charge in [-0.15, -0.1) is 0 Å². The fraction of sp³-hybridized carbons (Fsp3) is 0.417. The molecule has 1 atom stereocenters. The minimum Gasteiger partial charge on any atom is -0.353 e. The molecule has 0 saturated carbocycles. The molecule has 2 amide bonds. The topological polar surface area (TPSA) is 62.3 Å². The maximum Gasteiger partial charge on any atom is 0.274 e. The van der Waals surface area contributed by atoms with E-state index in [0.29, 0.717) is 19.5 Å². The lowest BCUT2D eigenvalue weighted by molar-refractivity contribution is -0.127. The standard InChI is InChI=1S/C12H13Cl2N3O2/c1-2-8-11(18)15-5-6-17(8)12(19)10-7(13)3-4-9(14)16-10/h3-4,8H,2,5-6H2,1H3,(H,15,18)/t8-/m0/s1. The van der Waals surface area contributed by atoms with Crippen LogP contribution in [0.3, 0.4) is 0 Å². The first-order valence-electron chi connectivity index (χ1n) is 5.95. The highest BCUT2D eigenvalue weighted by atomic mass is 35.5. The van der Waals surface area contributed by atoms with Crippen molar-refractivity contribution in [2.45, 2.75) is 19.4 Å². The highest BCUT2D eigenvalue weighted by Gasteiger charge is 2.33. The molecular weight excluding hydrogens is 289 g/mol. The fourth-order valence-corrected chi connectivity index (χ4v) is 2.40. The van der Waals surface area contributed by atoms with Crippen LogP contribution in [0.1, 0.15) is 23.8 Å². The average molecular weight is 302 g/mol. The highest BCUT2D eigenvalue weighted by molar-refractivity contribution is 6.34. The minimum atomic E-state index is -0.488. The van der Waals surface area contributed by atoms with Crippen LogP contribution in [-0.4, -0.2) is 40.8 Å². The van der Waals surface area contributed by atoms with Gasteiger partial charge >= 0.3 is 0 Å². The van der Waals surface area contributed by atoms with Crippen LogP contribution in [0.25, 0.3) is 0 Å². The number of nitrogens with one attached hydrogen (secondary N) is 1. The molecular formula is C12H13Cl2N3O2. The third kappa shape index (κ3) is 2.82. The molecule has 0 bridgehead atoms. The first-order valence-corrected chi connectivity index (χ1v) is 6.71. The summed E-state index contributed by atoms with van der Waals surface area (Å²) in [7, 11) is 0. The number of hydrogen-bond acceptors (Lipinski definition) is 3. The van der Waals surface area contributed by atoms with Crippen LogP contribution < -0.4 is 5.32 Å². The minimum absolute atomic E-state index is 0.0855. The lowest BCUT2D eigenvalue weighted by atomic mass is 10.1. The molecule has 102 valence electrons. The third-order valence-electron chi connectivity index (χ3n) is 2.99. The zero-order valence-corrected chi connectivity index (χ0v) is 11.8. The Hall–Kier alpha value is -1.33. The van der Waals surface area contributed by atoms with Crippen molar-refractivity contribution in [3.63, 3.8) is 0 Å². The number of aromatic nitrogens is 1. The molecule has 19 heavy (non-hydrogen) atoms. The molecule has 0 unspecified atom stereocenters. The molecule has 7 heteroatoms. The summed E-state index contributed by atoms with van der Waals surface area (Å²) < 4.78 is 0. The molecule has 1 aliphatic heterocycles. The summed E-state index contributed by atoms with van der Waals surface area (Å²) in [5.74, 6) is -0.519. The summed E-state index contributed by atoms with van der Waals surface area (Å²) in [5.41, 5.74) is 0.0855. The van der Waals surface area contributed by atoms with Gasteiger partial charge in [0, 0.05) is 13.1 Å². The van der Waals surface area contributed by atoms with Gasteiger partial charge < -0.3 is 10.2 Å². The van der Waals surface area contributed by atoms with Gasteiger partial charge in [0.1, 0.15) is 16.9 Å². The number of nitrogens with zero attached hydrogens (tertiary/aromatic N) is 2. The molecule has 0 spiro atoms. The summed E-state index contributed by atoms with van der Waals surface area (Å²) in [6.07, 6.45) is 0.537. The molecule has 5 nitrogen and oxygen atoms in total. The molecule has 1 aromatic heterocycles. The second-order valence-electron chi connectivity index (χ2n) is 4.18. The van der Waals surface area contributed by atoms with Crippen LogP contribution in [-0.2, 0) is 4.79 Å². The van der Waals surface area contributed by atoms with E-state index in [9.17, 15) is 9.59 Å². The number of halogens is 2.